The maximum absolute atomic E-state index is 12.9. The van der Waals surface area contributed by atoms with Crippen LogP contribution in [-0.2, 0) is 17.4 Å². The van der Waals surface area contributed by atoms with Crippen molar-refractivity contribution in [2.24, 2.45) is 5.92 Å². The predicted molar refractivity (Wildman–Crippen MR) is 121 cm³/mol. The van der Waals surface area contributed by atoms with Crippen LogP contribution < -0.4 is 5.32 Å². The summed E-state index contributed by atoms with van der Waals surface area (Å²) in [5.74, 6) is -2.38. The maximum atomic E-state index is 12.9. The van der Waals surface area contributed by atoms with Gasteiger partial charge in [-0.15, -0.1) is 5.10 Å². The molecule has 1 amide bonds. The second-order valence-electron chi connectivity index (χ2n) is 7.84. The van der Waals surface area contributed by atoms with Crippen LogP contribution in [0.25, 0.3) is 16.9 Å². The number of aromatic nitrogens is 5. The lowest BCUT2D eigenvalue weighted by molar-refractivity contribution is -0.141. The monoisotopic (exact) mass is 496 g/mol. The Morgan fingerprint density at radius 3 is 2.50 bits per heavy atom. The van der Waals surface area contributed by atoms with Crippen molar-refractivity contribution in [3.05, 3.63) is 90.1 Å². The molecule has 0 bridgehead atoms. The number of hydrogen-bond acceptors (Lipinski definition) is 6. The third-order valence-electron chi connectivity index (χ3n) is 5.28. The van der Waals surface area contributed by atoms with Crippen LogP contribution in [0.5, 0.6) is 0 Å². The van der Waals surface area contributed by atoms with Crippen LogP contribution in [-0.4, -0.2) is 48.5 Å². The van der Waals surface area contributed by atoms with Gasteiger partial charge in [0.25, 0.3) is 5.91 Å². The van der Waals surface area contributed by atoms with E-state index in [1.54, 1.807) is 6.07 Å². The minimum atomic E-state index is -4.54. The van der Waals surface area contributed by atoms with Gasteiger partial charge in [0.05, 0.1) is 29.6 Å². The van der Waals surface area contributed by atoms with E-state index in [-0.39, 0.29) is 24.3 Å². The number of carbonyl (C=O) groups excluding carboxylic acids is 1. The number of nitrogens with zero attached hydrogens (tertiary/aromatic N) is 5. The van der Waals surface area contributed by atoms with Gasteiger partial charge >= 0.3 is 12.1 Å². The summed E-state index contributed by atoms with van der Waals surface area (Å²) >= 11 is 0. The van der Waals surface area contributed by atoms with Gasteiger partial charge in [-0.25, -0.2) is 4.68 Å². The van der Waals surface area contributed by atoms with Crippen LogP contribution in [0.3, 0.4) is 0 Å². The number of halogens is 3. The molecule has 9 nitrogen and oxygen atoms in total. The van der Waals surface area contributed by atoms with E-state index in [2.05, 4.69) is 25.6 Å². The first-order valence-corrected chi connectivity index (χ1v) is 10.7. The molecule has 12 heteroatoms. The van der Waals surface area contributed by atoms with Gasteiger partial charge in [-0.3, -0.25) is 19.6 Å². The van der Waals surface area contributed by atoms with Gasteiger partial charge < -0.3 is 10.4 Å². The van der Waals surface area contributed by atoms with Crippen molar-refractivity contribution in [3.8, 4) is 16.9 Å². The van der Waals surface area contributed by atoms with Crippen molar-refractivity contribution in [2.75, 3.05) is 6.54 Å². The average Bonchev–Trinajstić information content (AvgIpc) is 3.37. The highest BCUT2D eigenvalue weighted by Gasteiger charge is 2.31. The molecule has 4 rings (SSSR count). The molecule has 0 fully saturated rings. The molecule has 3 aromatic heterocycles. The number of hydrogen-bond donors (Lipinski definition) is 2. The molecule has 0 radical (unpaired) electrons. The fourth-order valence-electron chi connectivity index (χ4n) is 3.36. The van der Waals surface area contributed by atoms with E-state index >= 15 is 0 Å². The third kappa shape index (κ3) is 5.90. The third-order valence-corrected chi connectivity index (χ3v) is 5.28. The normalized spacial score (nSPS) is 12.2. The van der Waals surface area contributed by atoms with Crippen LogP contribution in [0.2, 0.25) is 0 Å². The lowest BCUT2D eigenvalue weighted by Crippen LogP contribution is -2.34. The first-order valence-electron chi connectivity index (χ1n) is 10.7. The Morgan fingerprint density at radius 2 is 1.83 bits per heavy atom. The molecule has 0 spiro atoms. The molecular weight excluding hydrogens is 477 g/mol. The highest BCUT2D eigenvalue weighted by molar-refractivity contribution is 5.92. The second kappa shape index (κ2) is 10.3. The number of alkyl halides is 3. The van der Waals surface area contributed by atoms with Crippen molar-refractivity contribution in [1.29, 1.82) is 0 Å². The van der Waals surface area contributed by atoms with Crippen molar-refractivity contribution >= 4 is 11.9 Å². The molecule has 1 aromatic carbocycles. The molecule has 184 valence electrons. The van der Waals surface area contributed by atoms with Crippen LogP contribution in [0, 0.1) is 5.92 Å². The number of benzene rings is 1. The summed E-state index contributed by atoms with van der Waals surface area (Å²) in [6.07, 6.45) is 0.441. The van der Waals surface area contributed by atoms with Crippen molar-refractivity contribution in [3.63, 3.8) is 0 Å². The smallest absolute Gasteiger partial charge is 0.417 e. The highest BCUT2D eigenvalue weighted by atomic mass is 19.4. The van der Waals surface area contributed by atoms with Crippen molar-refractivity contribution in [1.82, 2.24) is 30.3 Å². The molecule has 0 aliphatic heterocycles. The van der Waals surface area contributed by atoms with Crippen LogP contribution >= 0.6 is 0 Å². The molecule has 0 saturated carbocycles. The molecule has 2 N–H and O–H groups in total. The Bertz CT molecular complexity index is 1360. The number of rotatable bonds is 8. The number of aliphatic carboxylic acids is 1. The van der Waals surface area contributed by atoms with Crippen LogP contribution in [0.4, 0.5) is 13.2 Å². The zero-order valence-electron chi connectivity index (χ0n) is 18.6. The van der Waals surface area contributed by atoms with Gasteiger partial charge in [0.15, 0.2) is 0 Å². The maximum Gasteiger partial charge on any atom is 0.417 e. The molecule has 1 unspecified atom stereocenters. The van der Waals surface area contributed by atoms with E-state index in [9.17, 15) is 27.9 Å². The number of carboxylic acid groups (broad SMARTS) is 1. The minimum absolute atomic E-state index is 0.0667. The van der Waals surface area contributed by atoms with Crippen molar-refractivity contribution < 1.29 is 27.9 Å². The molecule has 0 aliphatic rings. The minimum Gasteiger partial charge on any atom is -0.481 e. The Morgan fingerprint density at radius 1 is 1.06 bits per heavy atom. The van der Waals surface area contributed by atoms with Crippen LogP contribution in [0.15, 0.2) is 73.3 Å². The number of carboxylic acids is 1. The Kier molecular flexibility index (Phi) is 7.04. The number of nitrogens with one attached hydrogen (secondary N) is 1. The first kappa shape index (κ1) is 24.5. The van der Waals surface area contributed by atoms with E-state index in [1.165, 1.54) is 24.7 Å². The van der Waals surface area contributed by atoms with Crippen molar-refractivity contribution in [2.45, 2.75) is 12.6 Å². The van der Waals surface area contributed by atoms with E-state index in [0.29, 0.717) is 11.3 Å². The predicted octanol–water partition coefficient (Wildman–Crippen LogP) is 3.42. The molecule has 3 heterocycles. The van der Waals surface area contributed by atoms with Gasteiger partial charge in [0.2, 0.25) is 0 Å². The summed E-state index contributed by atoms with van der Waals surface area (Å²) in [5, 5.41) is 19.9. The first-order chi connectivity index (χ1) is 17.2. The highest BCUT2D eigenvalue weighted by Crippen LogP contribution is 2.29. The summed E-state index contributed by atoms with van der Waals surface area (Å²) in [7, 11) is 0. The average molecular weight is 496 g/mol. The molecule has 4 aromatic rings. The number of pyridine rings is 2. The van der Waals surface area contributed by atoms with E-state index in [1.807, 2.05) is 30.3 Å². The fraction of sp³-hybridized carbons (Fsp3) is 0.167. The molecule has 1 atom stereocenters. The number of carbonyl (C=O) groups is 2. The zero-order valence-corrected chi connectivity index (χ0v) is 18.6. The molecule has 0 saturated heterocycles. The van der Waals surface area contributed by atoms with Gasteiger partial charge in [-0.1, -0.05) is 35.5 Å². The van der Waals surface area contributed by atoms with E-state index in [4.69, 9.17) is 0 Å². The fourth-order valence-corrected chi connectivity index (χ4v) is 3.36. The van der Waals surface area contributed by atoms with Gasteiger partial charge in [0.1, 0.15) is 11.4 Å². The lowest BCUT2D eigenvalue weighted by Gasteiger charge is -2.13. The molecule has 36 heavy (non-hydrogen) atoms. The van der Waals surface area contributed by atoms with E-state index in [0.717, 1.165) is 22.5 Å². The second-order valence-corrected chi connectivity index (χ2v) is 7.84. The van der Waals surface area contributed by atoms with Gasteiger partial charge in [-0.05, 0) is 30.2 Å². The summed E-state index contributed by atoms with van der Waals surface area (Å²) in [6, 6.07) is 13.0. The summed E-state index contributed by atoms with van der Waals surface area (Å²) in [4.78, 5) is 31.8. The quantitative estimate of drug-likeness (QED) is 0.383. The molecular formula is C24H19F3N6O3. The summed E-state index contributed by atoms with van der Waals surface area (Å²) < 4.78 is 40.0. The summed E-state index contributed by atoms with van der Waals surface area (Å²) in [6.45, 7) is -0.0775. The van der Waals surface area contributed by atoms with Crippen LogP contribution in [0.1, 0.15) is 21.6 Å². The summed E-state index contributed by atoms with van der Waals surface area (Å²) in [5.41, 5.74) is 0.873. The Labute approximate surface area is 202 Å². The Balaban J connectivity index is 1.41. The largest absolute Gasteiger partial charge is 0.481 e. The van der Waals surface area contributed by atoms with E-state index < -0.39 is 29.5 Å². The standard InChI is InChI=1S/C24H19F3N6O3/c25-24(26,27)18-9-19(13-28-12-18)33-14-21(31-32-33)16-6-7-20(29-10-16)22(34)30-11-17(23(35)36)8-15-4-2-1-3-5-15/h1-7,9-10,12-14,17H,8,11H2,(H,30,34)(H,35,36). The lowest BCUT2D eigenvalue weighted by atomic mass is 9.99. The molecule has 0 aliphatic carbocycles. The van der Waals surface area contributed by atoms with Gasteiger partial charge in [-0.2, -0.15) is 13.2 Å². The Hall–Kier alpha value is -4.61. The number of amides is 1. The topological polar surface area (TPSA) is 123 Å². The SMILES string of the molecule is O=C(NCC(Cc1ccccc1)C(=O)O)c1ccc(-c2cn(-c3cncc(C(F)(F)F)c3)nn2)cn1. The zero-order chi connectivity index (χ0) is 25.7. The van der Waals surface area contributed by atoms with Gasteiger partial charge in [0, 0.05) is 24.5 Å².